The number of allylic oxidation sites excluding steroid dienone is 1. The summed E-state index contributed by atoms with van der Waals surface area (Å²) in [5, 5.41) is 8.81. The van der Waals surface area contributed by atoms with Gasteiger partial charge in [0.2, 0.25) is 6.29 Å². The van der Waals surface area contributed by atoms with Crippen molar-refractivity contribution in [1.29, 1.82) is 5.26 Å². The molecule has 16 heavy (non-hydrogen) atoms. The van der Waals surface area contributed by atoms with E-state index in [0.29, 0.717) is 13.2 Å². The molecule has 0 fully saturated rings. The van der Waals surface area contributed by atoms with Crippen molar-refractivity contribution in [3.05, 3.63) is 11.3 Å². The van der Waals surface area contributed by atoms with Crippen molar-refractivity contribution in [3.63, 3.8) is 0 Å². The molecule has 0 aliphatic carbocycles. The molecule has 1 atom stereocenters. The number of ether oxygens (including phenoxy) is 3. The Morgan fingerprint density at radius 1 is 1.38 bits per heavy atom. The largest absolute Gasteiger partial charge is 0.497 e. The van der Waals surface area contributed by atoms with Gasteiger partial charge in [-0.25, -0.2) is 4.79 Å². The van der Waals surface area contributed by atoms with E-state index in [2.05, 4.69) is 0 Å². The van der Waals surface area contributed by atoms with Crippen LogP contribution in [0.15, 0.2) is 11.3 Å². The van der Waals surface area contributed by atoms with Crippen molar-refractivity contribution < 1.29 is 19.0 Å². The zero-order valence-corrected chi connectivity index (χ0v) is 10.1. The van der Waals surface area contributed by atoms with Crippen molar-refractivity contribution in [1.82, 2.24) is 0 Å². The van der Waals surface area contributed by atoms with Crippen LogP contribution in [0.3, 0.4) is 0 Å². The Morgan fingerprint density at radius 3 is 2.44 bits per heavy atom. The average molecular weight is 227 g/mol. The zero-order valence-electron chi connectivity index (χ0n) is 10.1. The Morgan fingerprint density at radius 2 is 2.00 bits per heavy atom. The van der Waals surface area contributed by atoms with Crippen LogP contribution >= 0.6 is 0 Å². The second kappa shape index (κ2) is 7.71. The van der Waals surface area contributed by atoms with Crippen molar-refractivity contribution in [2.45, 2.75) is 34.0 Å². The smallest absolute Gasteiger partial charge is 0.354 e. The summed E-state index contributed by atoms with van der Waals surface area (Å²) in [7, 11) is 0. The third kappa shape index (κ3) is 4.80. The normalized spacial score (nSPS) is 13.4. The topological polar surface area (TPSA) is 68.5 Å². The molecule has 0 heterocycles. The molecule has 5 nitrogen and oxygen atoms in total. The number of rotatable bonds is 6. The van der Waals surface area contributed by atoms with Gasteiger partial charge in [0.05, 0.1) is 6.61 Å². The van der Waals surface area contributed by atoms with Gasteiger partial charge in [-0.3, -0.25) is 0 Å². The van der Waals surface area contributed by atoms with Crippen molar-refractivity contribution in [2.75, 3.05) is 13.2 Å². The highest BCUT2D eigenvalue weighted by molar-refractivity contribution is 5.93. The van der Waals surface area contributed by atoms with E-state index in [0.717, 1.165) is 0 Å². The molecular formula is C11H17NO4. The Balaban J connectivity index is 4.56. The predicted octanol–water partition coefficient (Wildman–Crippen LogP) is 1.75. The van der Waals surface area contributed by atoms with E-state index in [1.54, 1.807) is 33.8 Å². The van der Waals surface area contributed by atoms with E-state index in [4.69, 9.17) is 19.5 Å². The van der Waals surface area contributed by atoms with Crippen LogP contribution in [-0.2, 0) is 19.0 Å². The molecule has 0 aliphatic rings. The summed E-state index contributed by atoms with van der Waals surface area (Å²) >= 11 is 0. The third-order valence-corrected chi connectivity index (χ3v) is 1.70. The maximum Gasteiger partial charge on any atom is 0.354 e. The Labute approximate surface area is 95.6 Å². The highest BCUT2D eigenvalue weighted by atomic mass is 16.7. The number of hydrogen-bond acceptors (Lipinski definition) is 5. The van der Waals surface area contributed by atoms with Gasteiger partial charge in [-0.2, -0.15) is 5.26 Å². The van der Waals surface area contributed by atoms with Gasteiger partial charge < -0.3 is 14.2 Å². The lowest BCUT2D eigenvalue weighted by molar-refractivity contribution is -0.168. The first-order valence-corrected chi connectivity index (χ1v) is 5.13. The molecule has 90 valence electrons. The van der Waals surface area contributed by atoms with Crippen LogP contribution in [0.1, 0.15) is 27.7 Å². The molecule has 0 saturated heterocycles. The van der Waals surface area contributed by atoms with E-state index in [1.165, 1.54) is 0 Å². The summed E-state index contributed by atoms with van der Waals surface area (Å²) < 4.78 is 15.0. The summed E-state index contributed by atoms with van der Waals surface area (Å²) in [6.45, 7) is 7.53. The second-order valence-electron chi connectivity index (χ2n) is 2.90. The minimum atomic E-state index is -0.727. The van der Waals surface area contributed by atoms with Crippen LogP contribution in [0, 0.1) is 11.3 Å². The molecule has 1 unspecified atom stereocenters. The number of nitriles is 1. The fourth-order valence-corrected chi connectivity index (χ4v) is 1.04. The number of nitrogens with zero attached hydrogens (tertiary/aromatic N) is 1. The van der Waals surface area contributed by atoms with Crippen LogP contribution in [0.2, 0.25) is 0 Å². The zero-order chi connectivity index (χ0) is 12.6. The molecule has 0 spiro atoms. The number of carbonyl (C=O) groups excluding carboxylic acids is 1. The fourth-order valence-electron chi connectivity index (χ4n) is 1.04. The fraction of sp³-hybridized carbons (Fsp3) is 0.636. The molecular weight excluding hydrogens is 210 g/mol. The van der Waals surface area contributed by atoms with Crippen LogP contribution in [0.5, 0.6) is 0 Å². The highest BCUT2D eigenvalue weighted by Gasteiger charge is 2.18. The molecule has 0 aromatic carbocycles. The van der Waals surface area contributed by atoms with Gasteiger partial charge in [0.1, 0.15) is 11.8 Å². The van der Waals surface area contributed by atoms with Crippen molar-refractivity contribution >= 4 is 5.97 Å². The van der Waals surface area contributed by atoms with Gasteiger partial charge in [-0.1, -0.05) is 0 Å². The Hall–Kier alpha value is -1.54. The molecule has 0 radical (unpaired) electrons. The van der Waals surface area contributed by atoms with Crippen molar-refractivity contribution in [3.8, 4) is 6.07 Å². The van der Waals surface area contributed by atoms with E-state index < -0.39 is 12.3 Å². The Bertz CT molecular complexity index is 304. The van der Waals surface area contributed by atoms with Crippen molar-refractivity contribution in [2.24, 2.45) is 0 Å². The lowest BCUT2D eigenvalue weighted by Crippen LogP contribution is -2.20. The molecule has 0 aromatic heterocycles. The number of carbonyl (C=O) groups is 1. The van der Waals surface area contributed by atoms with E-state index in [9.17, 15) is 4.79 Å². The number of esters is 1. The number of hydrogen-bond donors (Lipinski definition) is 0. The SMILES string of the molecule is CCO/C(C)=C(/C#N)C(=O)OC(C)OCC. The van der Waals surface area contributed by atoms with Crippen LogP contribution in [-0.4, -0.2) is 25.5 Å². The van der Waals surface area contributed by atoms with Gasteiger partial charge in [-0.05, 0) is 27.7 Å². The third-order valence-electron chi connectivity index (χ3n) is 1.70. The molecule has 0 aromatic rings. The van der Waals surface area contributed by atoms with Crippen LogP contribution in [0.25, 0.3) is 0 Å². The van der Waals surface area contributed by atoms with Gasteiger partial charge in [0, 0.05) is 6.61 Å². The summed E-state index contributed by atoms with van der Waals surface area (Å²) in [6.07, 6.45) is -0.671. The summed E-state index contributed by atoms with van der Waals surface area (Å²) in [6, 6.07) is 1.76. The maximum atomic E-state index is 11.5. The standard InChI is InChI=1S/C11H17NO4/c1-5-14-8(3)10(7-12)11(13)16-9(4)15-6-2/h9H,5-6H2,1-4H3/b10-8-. The maximum absolute atomic E-state index is 11.5. The Kier molecular flexibility index (Phi) is 6.97. The molecule has 0 aliphatic heterocycles. The van der Waals surface area contributed by atoms with Crippen LogP contribution in [0.4, 0.5) is 0 Å². The quantitative estimate of drug-likeness (QED) is 0.227. The minimum Gasteiger partial charge on any atom is -0.497 e. The lowest BCUT2D eigenvalue weighted by Gasteiger charge is -2.13. The molecule has 0 saturated carbocycles. The molecule has 0 bridgehead atoms. The lowest BCUT2D eigenvalue weighted by atomic mass is 10.2. The summed E-state index contributed by atoms with van der Waals surface area (Å²) in [5.74, 6) is -0.465. The van der Waals surface area contributed by atoms with Gasteiger partial charge >= 0.3 is 5.97 Å². The molecule has 0 rings (SSSR count). The van der Waals surface area contributed by atoms with E-state index in [1.807, 2.05) is 0 Å². The monoisotopic (exact) mass is 227 g/mol. The summed E-state index contributed by atoms with van der Waals surface area (Å²) in [4.78, 5) is 11.5. The minimum absolute atomic E-state index is 0.131. The first-order chi connectivity index (χ1) is 7.56. The molecule has 0 N–H and O–H groups in total. The first kappa shape index (κ1) is 14.5. The van der Waals surface area contributed by atoms with Gasteiger partial charge in [-0.15, -0.1) is 0 Å². The molecule has 0 amide bonds. The van der Waals surface area contributed by atoms with Gasteiger partial charge in [0.25, 0.3) is 0 Å². The van der Waals surface area contributed by atoms with E-state index in [-0.39, 0.29) is 11.3 Å². The molecule has 5 heteroatoms. The van der Waals surface area contributed by atoms with Crippen LogP contribution < -0.4 is 0 Å². The van der Waals surface area contributed by atoms with Gasteiger partial charge in [0.15, 0.2) is 5.57 Å². The average Bonchev–Trinajstić information content (AvgIpc) is 2.19. The first-order valence-electron chi connectivity index (χ1n) is 5.13. The second-order valence-corrected chi connectivity index (χ2v) is 2.90. The highest BCUT2D eigenvalue weighted by Crippen LogP contribution is 2.08. The summed E-state index contributed by atoms with van der Waals surface area (Å²) in [5.41, 5.74) is -0.131. The predicted molar refractivity (Wildman–Crippen MR) is 57.1 cm³/mol. The van der Waals surface area contributed by atoms with E-state index >= 15 is 0 Å².